The number of likely N-dealkylation sites (N-methyl/N-ethyl adjacent to an activating group) is 1. The molecule has 1 atom stereocenters. The number of nitrogens with one attached hydrogen (secondary N) is 1. The van der Waals surface area contributed by atoms with Crippen LogP contribution in [0.3, 0.4) is 0 Å². The van der Waals surface area contributed by atoms with E-state index in [0.29, 0.717) is 47.2 Å². The smallest absolute Gasteiger partial charge is 0.253 e. The second-order valence-electron chi connectivity index (χ2n) is 7.59. The zero-order valence-electron chi connectivity index (χ0n) is 17.6. The Morgan fingerprint density at radius 1 is 1.12 bits per heavy atom. The van der Waals surface area contributed by atoms with Crippen molar-refractivity contribution in [3.63, 3.8) is 0 Å². The topological polar surface area (TPSA) is 69.7 Å². The predicted octanol–water partition coefficient (Wildman–Crippen LogP) is 4.47. The number of likely N-dealkylation sites (tertiary alicyclic amines) is 1. The zero-order chi connectivity index (χ0) is 23.3. The molecule has 2 aromatic carbocycles. The van der Waals surface area contributed by atoms with Crippen LogP contribution in [0.15, 0.2) is 42.5 Å². The summed E-state index contributed by atoms with van der Waals surface area (Å²) in [5.74, 6) is -1.67. The minimum Gasteiger partial charge on any atom is -0.338 e. The third-order valence-corrected chi connectivity index (χ3v) is 6.03. The van der Waals surface area contributed by atoms with E-state index in [1.807, 2.05) is 0 Å². The van der Waals surface area contributed by atoms with E-state index >= 15 is 0 Å². The molecule has 0 radical (unpaired) electrons. The maximum Gasteiger partial charge on any atom is 0.253 e. The van der Waals surface area contributed by atoms with Crippen molar-refractivity contribution in [2.45, 2.75) is 19.8 Å². The number of hydrogen-bond donors (Lipinski definition) is 1. The number of nitrogens with zero attached hydrogens (tertiary/aromatic N) is 2. The van der Waals surface area contributed by atoms with Gasteiger partial charge in [-0.2, -0.15) is 0 Å². The highest BCUT2D eigenvalue weighted by molar-refractivity contribution is 6.39. The van der Waals surface area contributed by atoms with Crippen LogP contribution in [0, 0.1) is 11.7 Å². The molecular formula is C23H24Cl2FN3O3. The van der Waals surface area contributed by atoms with E-state index in [-0.39, 0.29) is 24.9 Å². The largest absolute Gasteiger partial charge is 0.338 e. The molecule has 1 aliphatic rings. The van der Waals surface area contributed by atoms with Gasteiger partial charge in [-0.15, -0.1) is 0 Å². The Morgan fingerprint density at radius 2 is 1.78 bits per heavy atom. The summed E-state index contributed by atoms with van der Waals surface area (Å²) in [5, 5.41) is 3.28. The Morgan fingerprint density at radius 3 is 2.41 bits per heavy atom. The highest BCUT2D eigenvalue weighted by Gasteiger charge is 2.32. The molecule has 1 aliphatic heterocycles. The van der Waals surface area contributed by atoms with E-state index in [4.69, 9.17) is 23.2 Å². The number of rotatable bonds is 6. The average Bonchev–Trinajstić information content (AvgIpc) is 2.79. The number of piperidine rings is 1. The van der Waals surface area contributed by atoms with Gasteiger partial charge in [-0.05, 0) is 56.2 Å². The van der Waals surface area contributed by atoms with Crippen LogP contribution in [0.1, 0.15) is 30.1 Å². The van der Waals surface area contributed by atoms with E-state index < -0.39 is 17.6 Å². The van der Waals surface area contributed by atoms with Crippen LogP contribution in [0.4, 0.5) is 10.1 Å². The summed E-state index contributed by atoms with van der Waals surface area (Å²) < 4.78 is 13.2. The molecule has 2 aromatic rings. The molecule has 6 nitrogen and oxygen atoms in total. The second-order valence-corrected chi connectivity index (χ2v) is 8.41. The number of hydrogen-bond acceptors (Lipinski definition) is 3. The summed E-state index contributed by atoms with van der Waals surface area (Å²) in [6.07, 6.45) is 1.29. The van der Waals surface area contributed by atoms with Crippen LogP contribution in [0.2, 0.25) is 10.0 Å². The van der Waals surface area contributed by atoms with E-state index in [0.717, 1.165) is 0 Å². The van der Waals surface area contributed by atoms with Crippen molar-refractivity contribution in [3.05, 3.63) is 63.9 Å². The molecule has 1 heterocycles. The first-order valence-electron chi connectivity index (χ1n) is 10.4. The summed E-state index contributed by atoms with van der Waals surface area (Å²) in [6.45, 7) is 2.75. The molecule has 9 heteroatoms. The normalized spacial score (nSPS) is 15.9. The van der Waals surface area contributed by atoms with Gasteiger partial charge in [-0.3, -0.25) is 14.4 Å². The SMILES string of the molecule is CCN(CC(=O)Nc1c(Cl)cccc1Cl)C(=O)C1CCCN(C(=O)c2ccc(F)cc2)C1. The highest BCUT2D eigenvalue weighted by atomic mass is 35.5. The van der Waals surface area contributed by atoms with Crippen LogP contribution < -0.4 is 5.32 Å². The molecule has 1 N–H and O–H groups in total. The third-order valence-electron chi connectivity index (χ3n) is 5.40. The monoisotopic (exact) mass is 479 g/mol. The predicted molar refractivity (Wildman–Crippen MR) is 122 cm³/mol. The quantitative estimate of drug-likeness (QED) is 0.664. The molecule has 32 heavy (non-hydrogen) atoms. The lowest BCUT2D eigenvalue weighted by Crippen LogP contribution is -2.48. The van der Waals surface area contributed by atoms with Gasteiger partial charge < -0.3 is 15.1 Å². The number of carbonyl (C=O) groups is 3. The minimum atomic E-state index is -0.414. The van der Waals surface area contributed by atoms with Gasteiger partial charge in [0.05, 0.1) is 28.2 Å². The van der Waals surface area contributed by atoms with Crippen LogP contribution in [-0.2, 0) is 9.59 Å². The van der Waals surface area contributed by atoms with Crippen molar-refractivity contribution in [2.75, 3.05) is 31.5 Å². The lowest BCUT2D eigenvalue weighted by molar-refractivity contribution is -0.139. The second kappa shape index (κ2) is 10.8. The first-order chi connectivity index (χ1) is 15.3. The summed E-state index contributed by atoms with van der Waals surface area (Å²) in [6, 6.07) is 10.2. The van der Waals surface area contributed by atoms with Gasteiger partial charge in [0.15, 0.2) is 0 Å². The first kappa shape index (κ1) is 24.0. The zero-order valence-corrected chi connectivity index (χ0v) is 19.1. The summed E-state index contributed by atoms with van der Waals surface area (Å²) in [4.78, 5) is 41.5. The average molecular weight is 480 g/mol. The van der Waals surface area contributed by atoms with Crippen LogP contribution >= 0.6 is 23.2 Å². The molecule has 170 valence electrons. The number of halogens is 3. The summed E-state index contributed by atoms with van der Waals surface area (Å²) in [7, 11) is 0. The fourth-order valence-corrected chi connectivity index (χ4v) is 4.20. The maximum absolute atomic E-state index is 13.2. The van der Waals surface area contributed by atoms with Crippen molar-refractivity contribution in [1.82, 2.24) is 9.80 Å². The van der Waals surface area contributed by atoms with E-state index in [9.17, 15) is 18.8 Å². The lowest BCUT2D eigenvalue weighted by Gasteiger charge is -2.34. The number of anilines is 1. The van der Waals surface area contributed by atoms with Crippen LogP contribution in [-0.4, -0.2) is 53.7 Å². The van der Waals surface area contributed by atoms with Gasteiger partial charge in [0, 0.05) is 25.2 Å². The Kier molecular flexibility index (Phi) is 8.10. The number of amides is 3. The highest BCUT2D eigenvalue weighted by Crippen LogP contribution is 2.29. The minimum absolute atomic E-state index is 0.153. The first-order valence-corrected chi connectivity index (χ1v) is 11.1. The molecule has 0 aliphatic carbocycles. The Bertz CT molecular complexity index is 980. The third kappa shape index (κ3) is 5.78. The molecule has 1 unspecified atom stereocenters. The van der Waals surface area contributed by atoms with E-state index in [2.05, 4.69) is 5.32 Å². The molecule has 1 saturated heterocycles. The number of carbonyl (C=O) groups excluding carboxylic acids is 3. The molecule has 0 spiro atoms. The van der Waals surface area contributed by atoms with Gasteiger partial charge in [0.1, 0.15) is 5.82 Å². The Labute approximate surface area is 196 Å². The van der Waals surface area contributed by atoms with E-state index in [1.54, 1.807) is 30.0 Å². The van der Waals surface area contributed by atoms with Gasteiger partial charge in [-0.1, -0.05) is 29.3 Å². The Balaban J connectivity index is 1.63. The van der Waals surface area contributed by atoms with Crippen molar-refractivity contribution >= 4 is 46.6 Å². The van der Waals surface area contributed by atoms with E-state index in [1.165, 1.54) is 29.2 Å². The van der Waals surface area contributed by atoms with Crippen molar-refractivity contribution < 1.29 is 18.8 Å². The van der Waals surface area contributed by atoms with Gasteiger partial charge in [0.2, 0.25) is 11.8 Å². The maximum atomic E-state index is 13.2. The fraction of sp³-hybridized carbons (Fsp3) is 0.348. The molecule has 1 fully saturated rings. The van der Waals surface area contributed by atoms with Crippen molar-refractivity contribution in [2.24, 2.45) is 5.92 Å². The molecule has 0 aromatic heterocycles. The molecule has 0 bridgehead atoms. The van der Waals surface area contributed by atoms with Crippen LogP contribution in [0.5, 0.6) is 0 Å². The molecule has 0 saturated carbocycles. The number of benzene rings is 2. The van der Waals surface area contributed by atoms with Gasteiger partial charge >= 0.3 is 0 Å². The van der Waals surface area contributed by atoms with Crippen LogP contribution in [0.25, 0.3) is 0 Å². The summed E-state index contributed by atoms with van der Waals surface area (Å²) in [5.41, 5.74) is 0.681. The summed E-state index contributed by atoms with van der Waals surface area (Å²) >= 11 is 12.2. The van der Waals surface area contributed by atoms with Gasteiger partial charge in [0.25, 0.3) is 5.91 Å². The number of para-hydroxylation sites is 1. The standard InChI is InChI=1S/C23H24Cl2FN3O3/c1-2-28(14-20(30)27-21-18(24)6-3-7-19(21)25)23(32)16-5-4-12-29(13-16)22(31)15-8-10-17(26)11-9-15/h3,6-11,16H,2,4-5,12-14H2,1H3,(H,27,30). The van der Waals surface area contributed by atoms with Gasteiger partial charge in [-0.25, -0.2) is 4.39 Å². The molecular weight excluding hydrogens is 456 g/mol. The molecule has 3 amide bonds. The van der Waals surface area contributed by atoms with Crippen molar-refractivity contribution in [1.29, 1.82) is 0 Å². The Hall–Kier alpha value is -2.64. The lowest BCUT2D eigenvalue weighted by atomic mass is 9.95. The fourth-order valence-electron chi connectivity index (χ4n) is 3.71. The van der Waals surface area contributed by atoms with Crippen molar-refractivity contribution in [3.8, 4) is 0 Å². The molecule has 3 rings (SSSR count).